The van der Waals surface area contributed by atoms with Gasteiger partial charge in [-0.15, -0.1) is 11.3 Å². The summed E-state index contributed by atoms with van der Waals surface area (Å²) in [6.07, 6.45) is 0. The molecule has 3 aromatic rings. The fourth-order valence-electron chi connectivity index (χ4n) is 2.33. The maximum absolute atomic E-state index is 13.1. The van der Waals surface area contributed by atoms with Gasteiger partial charge in [-0.05, 0) is 47.8 Å². The van der Waals surface area contributed by atoms with E-state index in [1.807, 2.05) is 17.5 Å². The van der Waals surface area contributed by atoms with Gasteiger partial charge < -0.3 is 4.74 Å². The van der Waals surface area contributed by atoms with Crippen LogP contribution in [0.4, 0.5) is 5.69 Å². The third kappa shape index (κ3) is 3.44. The monoisotopic (exact) mass is 359 g/mol. The quantitative estimate of drug-likeness (QED) is 0.664. The predicted octanol–water partition coefficient (Wildman–Crippen LogP) is 4.15. The van der Waals surface area contributed by atoms with Gasteiger partial charge in [0.25, 0.3) is 10.0 Å². The summed E-state index contributed by atoms with van der Waals surface area (Å²) in [5.41, 5.74) is 0.605. The van der Waals surface area contributed by atoms with Crippen molar-refractivity contribution in [2.75, 3.05) is 11.4 Å². The smallest absolute Gasteiger partial charge is 0.264 e. The number of thiophene rings is 1. The first-order valence-corrected chi connectivity index (χ1v) is 9.67. The average Bonchev–Trinajstić information content (AvgIpc) is 3.14. The zero-order valence-electron chi connectivity index (χ0n) is 13.1. The summed E-state index contributed by atoms with van der Waals surface area (Å²) in [7, 11) is -2.07. The first-order valence-electron chi connectivity index (χ1n) is 7.35. The van der Waals surface area contributed by atoms with E-state index in [1.165, 1.54) is 15.6 Å². The van der Waals surface area contributed by atoms with E-state index in [-0.39, 0.29) is 4.90 Å². The molecule has 0 saturated carbocycles. The van der Waals surface area contributed by atoms with Crippen LogP contribution in [0.5, 0.6) is 5.75 Å². The van der Waals surface area contributed by atoms with Crippen LogP contribution in [0.15, 0.2) is 77.0 Å². The Balaban J connectivity index is 2.04. The fraction of sp³-hybridized carbons (Fsp3) is 0.111. The third-order valence-electron chi connectivity index (χ3n) is 3.57. The number of anilines is 1. The average molecular weight is 359 g/mol. The number of sulfonamides is 1. The molecule has 2 aromatic carbocycles. The second-order valence-corrected chi connectivity index (χ2v) is 8.00. The van der Waals surface area contributed by atoms with Crippen LogP contribution >= 0.6 is 11.3 Å². The Morgan fingerprint density at radius 2 is 1.67 bits per heavy atom. The van der Waals surface area contributed by atoms with Crippen molar-refractivity contribution >= 4 is 27.0 Å². The van der Waals surface area contributed by atoms with Crippen LogP contribution in [0.25, 0.3) is 0 Å². The van der Waals surface area contributed by atoms with Crippen LogP contribution in [0.3, 0.4) is 0 Å². The minimum Gasteiger partial charge on any atom is -0.497 e. The zero-order valence-corrected chi connectivity index (χ0v) is 14.8. The van der Waals surface area contributed by atoms with Gasteiger partial charge in [-0.25, -0.2) is 8.42 Å². The molecule has 1 aromatic heterocycles. The van der Waals surface area contributed by atoms with E-state index in [0.717, 1.165) is 4.88 Å². The largest absolute Gasteiger partial charge is 0.497 e. The van der Waals surface area contributed by atoms with Crippen LogP contribution in [-0.2, 0) is 16.6 Å². The van der Waals surface area contributed by atoms with Crippen LogP contribution in [0, 0.1) is 0 Å². The van der Waals surface area contributed by atoms with E-state index in [2.05, 4.69) is 0 Å². The Labute approximate surface area is 146 Å². The molecular weight excluding hydrogens is 342 g/mol. The van der Waals surface area contributed by atoms with E-state index in [0.29, 0.717) is 18.0 Å². The Morgan fingerprint density at radius 1 is 0.958 bits per heavy atom. The Bertz CT molecular complexity index is 874. The zero-order chi connectivity index (χ0) is 17.0. The predicted molar refractivity (Wildman–Crippen MR) is 97.1 cm³/mol. The third-order valence-corrected chi connectivity index (χ3v) is 6.22. The van der Waals surface area contributed by atoms with Gasteiger partial charge in [-0.2, -0.15) is 0 Å². The lowest BCUT2D eigenvalue weighted by Gasteiger charge is -2.24. The molecule has 0 aliphatic heterocycles. The lowest BCUT2D eigenvalue weighted by molar-refractivity contribution is 0.415. The summed E-state index contributed by atoms with van der Waals surface area (Å²) < 4.78 is 32.8. The first kappa shape index (κ1) is 16.5. The number of benzene rings is 2. The van der Waals surface area contributed by atoms with Gasteiger partial charge in [0.2, 0.25) is 0 Å². The number of nitrogens with zero attached hydrogens (tertiary/aromatic N) is 1. The normalized spacial score (nSPS) is 11.2. The molecule has 0 aliphatic carbocycles. The van der Waals surface area contributed by atoms with Crippen molar-refractivity contribution in [3.63, 3.8) is 0 Å². The van der Waals surface area contributed by atoms with Crippen LogP contribution < -0.4 is 9.04 Å². The van der Waals surface area contributed by atoms with Gasteiger partial charge >= 0.3 is 0 Å². The molecule has 1 heterocycles. The highest BCUT2D eigenvalue weighted by atomic mass is 32.2. The SMILES string of the molecule is COc1ccc(N(Cc2cccs2)S(=O)(=O)c2ccccc2)cc1. The number of hydrogen-bond acceptors (Lipinski definition) is 4. The molecule has 0 spiro atoms. The molecule has 0 atom stereocenters. The van der Waals surface area contributed by atoms with Crippen molar-refractivity contribution in [3.05, 3.63) is 77.0 Å². The standard InChI is InChI=1S/C18H17NO3S2/c1-22-16-11-9-15(10-12-16)19(14-17-6-5-13-23-17)24(20,21)18-7-3-2-4-8-18/h2-13H,14H2,1H3. The Kier molecular flexibility index (Phi) is 4.87. The summed E-state index contributed by atoms with van der Waals surface area (Å²) >= 11 is 1.53. The highest BCUT2D eigenvalue weighted by Gasteiger charge is 2.25. The fourth-order valence-corrected chi connectivity index (χ4v) is 4.57. The van der Waals surface area contributed by atoms with Crippen LogP contribution in [0.1, 0.15) is 4.88 Å². The first-order chi connectivity index (χ1) is 11.6. The van der Waals surface area contributed by atoms with E-state index in [1.54, 1.807) is 61.7 Å². The van der Waals surface area contributed by atoms with E-state index in [9.17, 15) is 8.42 Å². The maximum atomic E-state index is 13.1. The van der Waals surface area contributed by atoms with Gasteiger partial charge in [-0.3, -0.25) is 4.31 Å². The molecule has 3 rings (SSSR count). The van der Waals surface area contributed by atoms with Crippen LogP contribution in [0.2, 0.25) is 0 Å². The van der Waals surface area contributed by atoms with Gasteiger partial charge in [0.05, 0.1) is 24.2 Å². The molecule has 0 unspecified atom stereocenters. The lowest BCUT2D eigenvalue weighted by atomic mass is 10.3. The molecule has 24 heavy (non-hydrogen) atoms. The molecule has 4 nitrogen and oxygen atoms in total. The topological polar surface area (TPSA) is 46.6 Å². The van der Waals surface area contributed by atoms with E-state index >= 15 is 0 Å². The number of hydrogen-bond donors (Lipinski definition) is 0. The van der Waals surface area contributed by atoms with E-state index < -0.39 is 10.0 Å². The molecule has 0 fully saturated rings. The molecule has 0 radical (unpaired) electrons. The van der Waals surface area contributed by atoms with Gasteiger partial charge in [0, 0.05) is 4.88 Å². The molecule has 124 valence electrons. The summed E-state index contributed by atoms with van der Waals surface area (Å²) in [5, 5.41) is 1.94. The molecule has 0 aliphatic rings. The summed E-state index contributed by atoms with van der Waals surface area (Å²) in [6, 6.07) is 19.4. The Hall–Kier alpha value is -2.31. The second-order valence-electron chi connectivity index (χ2n) is 5.10. The highest BCUT2D eigenvalue weighted by molar-refractivity contribution is 7.92. The lowest BCUT2D eigenvalue weighted by Crippen LogP contribution is -2.30. The second kappa shape index (κ2) is 7.07. The van der Waals surface area contributed by atoms with Crippen molar-refractivity contribution < 1.29 is 13.2 Å². The van der Waals surface area contributed by atoms with Gasteiger partial charge in [-0.1, -0.05) is 24.3 Å². The molecule has 0 bridgehead atoms. The van der Waals surface area contributed by atoms with Crippen molar-refractivity contribution in [3.8, 4) is 5.75 Å². The van der Waals surface area contributed by atoms with Crippen molar-refractivity contribution in [1.82, 2.24) is 0 Å². The molecule has 0 amide bonds. The molecular formula is C18H17NO3S2. The number of rotatable bonds is 6. The van der Waals surface area contributed by atoms with Crippen molar-refractivity contribution in [2.24, 2.45) is 0 Å². The maximum Gasteiger partial charge on any atom is 0.264 e. The van der Waals surface area contributed by atoms with Crippen molar-refractivity contribution in [1.29, 1.82) is 0 Å². The summed E-state index contributed by atoms with van der Waals surface area (Å²) in [6.45, 7) is 0.293. The summed E-state index contributed by atoms with van der Waals surface area (Å²) in [5.74, 6) is 0.687. The number of ether oxygens (including phenoxy) is 1. The number of methoxy groups -OCH3 is 1. The Morgan fingerprint density at radius 3 is 2.25 bits per heavy atom. The van der Waals surface area contributed by atoms with E-state index in [4.69, 9.17) is 4.74 Å². The minimum atomic E-state index is -3.65. The highest BCUT2D eigenvalue weighted by Crippen LogP contribution is 2.28. The minimum absolute atomic E-state index is 0.275. The molecule has 0 N–H and O–H groups in total. The van der Waals surface area contributed by atoms with Gasteiger partial charge in [0.1, 0.15) is 5.75 Å². The van der Waals surface area contributed by atoms with Crippen molar-refractivity contribution in [2.45, 2.75) is 11.4 Å². The van der Waals surface area contributed by atoms with Gasteiger partial charge in [0.15, 0.2) is 0 Å². The van der Waals surface area contributed by atoms with Crippen LogP contribution in [-0.4, -0.2) is 15.5 Å². The summed E-state index contributed by atoms with van der Waals surface area (Å²) in [4.78, 5) is 1.25. The molecule has 0 saturated heterocycles. The molecule has 6 heteroatoms.